The molecule has 0 aliphatic rings. The molecule has 0 aliphatic carbocycles. The van der Waals surface area contributed by atoms with E-state index in [9.17, 15) is 13.6 Å². The SMILES string of the molecule is Cc1nc(-c2cccs2)sc1C(=O)N(CCO)CC(F)F. The van der Waals surface area contributed by atoms with Crippen LogP contribution in [0, 0.1) is 6.92 Å². The Hall–Kier alpha value is -1.38. The number of aliphatic hydroxyl groups excluding tert-OH is 1. The summed E-state index contributed by atoms with van der Waals surface area (Å²) < 4.78 is 25.1. The molecule has 0 saturated carbocycles. The minimum atomic E-state index is -2.63. The summed E-state index contributed by atoms with van der Waals surface area (Å²) in [5, 5.41) is 11.5. The fourth-order valence-electron chi connectivity index (χ4n) is 1.81. The van der Waals surface area contributed by atoms with Gasteiger partial charge in [-0.2, -0.15) is 0 Å². The lowest BCUT2D eigenvalue weighted by Crippen LogP contribution is -2.37. The minimum Gasteiger partial charge on any atom is -0.395 e. The molecular formula is C13H14F2N2O2S2. The summed E-state index contributed by atoms with van der Waals surface area (Å²) in [4.78, 5) is 18.9. The molecule has 2 aromatic rings. The van der Waals surface area contributed by atoms with Gasteiger partial charge in [0.25, 0.3) is 12.3 Å². The van der Waals surface area contributed by atoms with Gasteiger partial charge in [-0.1, -0.05) is 6.07 Å². The molecule has 0 unspecified atom stereocenters. The molecule has 114 valence electrons. The summed E-state index contributed by atoms with van der Waals surface area (Å²) in [6.45, 7) is 0.522. The van der Waals surface area contributed by atoms with Crippen LogP contribution in [0.25, 0.3) is 9.88 Å². The van der Waals surface area contributed by atoms with E-state index in [1.165, 1.54) is 22.7 Å². The number of halogens is 2. The predicted octanol–water partition coefficient (Wildman–Crippen LogP) is 2.88. The molecule has 1 N–H and O–H groups in total. The smallest absolute Gasteiger partial charge is 0.266 e. The van der Waals surface area contributed by atoms with Gasteiger partial charge in [-0.05, 0) is 18.4 Å². The first-order chi connectivity index (χ1) is 10.0. The Morgan fingerprint density at radius 2 is 2.29 bits per heavy atom. The van der Waals surface area contributed by atoms with E-state index in [1.54, 1.807) is 6.92 Å². The number of hydrogen-bond donors (Lipinski definition) is 1. The molecule has 2 aromatic heterocycles. The first-order valence-corrected chi connectivity index (χ1v) is 7.92. The summed E-state index contributed by atoms with van der Waals surface area (Å²) in [7, 11) is 0. The van der Waals surface area contributed by atoms with E-state index in [2.05, 4.69) is 4.98 Å². The molecule has 4 nitrogen and oxygen atoms in total. The zero-order valence-electron chi connectivity index (χ0n) is 11.3. The van der Waals surface area contributed by atoms with Crippen LogP contribution in [0.2, 0.25) is 0 Å². The van der Waals surface area contributed by atoms with Crippen LogP contribution >= 0.6 is 22.7 Å². The van der Waals surface area contributed by atoms with Crippen LogP contribution in [-0.4, -0.2) is 47.0 Å². The van der Waals surface area contributed by atoms with Crippen LogP contribution in [0.4, 0.5) is 8.78 Å². The second kappa shape index (κ2) is 7.06. The molecule has 0 spiro atoms. The number of carbonyl (C=O) groups excluding carboxylic acids is 1. The molecule has 0 saturated heterocycles. The fourth-order valence-corrected chi connectivity index (χ4v) is 3.64. The quantitative estimate of drug-likeness (QED) is 0.885. The number of carbonyl (C=O) groups is 1. The molecule has 0 radical (unpaired) electrons. The number of nitrogens with zero attached hydrogens (tertiary/aromatic N) is 2. The molecular weight excluding hydrogens is 318 g/mol. The highest BCUT2D eigenvalue weighted by Crippen LogP contribution is 2.31. The van der Waals surface area contributed by atoms with Gasteiger partial charge in [0.05, 0.1) is 23.7 Å². The number of amides is 1. The van der Waals surface area contributed by atoms with Crippen molar-refractivity contribution in [1.82, 2.24) is 9.88 Å². The van der Waals surface area contributed by atoms with Crippen molar-refractivity contribution in [3.05, 3.63) is 28.1 Å². The van der Waals surface area contributed by atoms with Crippen molar-refractivity contribution < 1.29 is 18.7 Å². The van der Waals surface area contributed by atoms with E-state index in [0.717, 1.165) is 9.78 Å². The Balaban J connectivity index is 2.25. The van der Waals surface area contributed by atoms with Crippen LogP contribution in [0.3, 0.4) is 0 Å². The maximum atomic E-state index is 12.5. The highest BCUT2D eigenvalue weighted by molar-refractivity contribution is 7.22. The molecule has 0 atom stereocenters. The van der Waals surface area contributed by atoms with E-state index < -0.39 is 18.9 Å². The van der Waals surface area contributed by atoms with Gasteiger partial charge in [-0.15, -0.1) is 22.7 Å². The van der Waals surface area contributed by atoms with E-state index in [1.807, 2.05) is 17.5 Å². The molecule has 21 heavy (non-hydrogen) atoms. The molecule has 0 aliphatic heterocycles. The van der Waals surface area contributed by atoms with Gasteiger partial charge >= 0.3 is 0 Å². The molecule has 0 fully saturated rings. The highest BCUT2D eigenvalue weighted by atomic mass is 32.1. The number of rotatable bonds is 6. The average molecular weight is 332 g/mol. The number of aliphatic hydroxyl groups is 1. The Labute approximate surface area is 128 Å². The van der Waals surface area contributed by atoms with Gasteiger partial charge < -0.3 is 10.0 Å². The monoisotopic (exact) mass is 332 g/mol. The van der Waals surface area contributed by atoms with Crippen molar-refractivity contribution in [3.63, 3.8) is 0 Å². The lowest BCUT2D eigenvalue weighted by molar-refractivity contribution is 0.0512. The van der Waals surface area contributed by atoms with Crippen LogP contribution in [0.15, 0.2) is 17.5 Å². The Bertz CT molecular complexity index is 599. The van der Waals surface area contributed by atoms with Crippen molar-refractivity contribution in [2.24, 2.45) is 0 Å². The van der Waals surface area contributed by atoms with E-state index >= 15 is 0 Å². The zero-order chi connectivity index (χ0) is 15.4. The van der Waals surface area contributed by atoms with Crippen molar-refractivity contribution in [3.8, 4) is 9.88 Å². The van der Waals surface area contributed by atoms with Gasteiger partial charge in [0.1, 0.15) is 9.88 Å². The zero-order valence-corrected chi connectivity index (χ0v) is 12.9. The lowest BCUT2D eigenvalue weighted by Gasteiger charge is -2.20. The summed E-state index contributed by atoms with van der Waals surface area (Å²) in [6.07, 6.45) is -2.63. The molecule has 8 heteroatoms. The third kappa shape index (κ3) is 3.84. The normalized spacial score (nSPS) is 11.1. The molecule has 2 rings (SSSR count). The second-order valence-corrected chi connectivity index (χ2v) is 6.22. The standard InChI is InChI=1S/C13H14F2N2O2S2/c1-8-11(13(19)17(4-5-18)7-10(14)15)21-12(16-8)9-3-2-6-20-9/h2-3,6,10,18H,4-5,7H2,1H3. The molecule has 2 heterocycles. The second-order valence-electron chi connectivity index (χ2n) is 4.28. The number of aryl methyl sites for hydroxylation is 1. The number of thiophene rings is 1. The third-order valence-electron chi connectivity index (χ3n) is 2.74. The predicted molar refractivity (Wildman–Crippen MR) is 79.2 cm³/mol. The van der Waals surface area contributed by atoms with Gasteiger partial charge in [0.15, 0.2) is 0 Å². The summed E-state index contributed by atoms with van der Waals surface area (Å²) in [6, 6.07) is 3.77. The maximum absolute atomic E-state index is 12.5. The van der Waals surface area contributed by atoms with Crippen LogP contribution < -0.4 is 0 Å². The van der Waals surface area contributed by atoms with Gasteiger partial charge in [-0.25, -0.2) is 13.8 Å². The lowest BCUT2D eigenvalue weighted by atomic mass is 10.3. The molecule has 0 bridgehead atoms. The Morgan fingerprint density at radius 3 is 2.86 bits per heavy atom. The van der Waals surface area contributed by atoms with Crippen molar-refractivity contribution in [1.29, 1.82) is 0 Å². The van der Waals surface area contributed by atoms with Crippen molar-refractivity contribution in [2.45, 2.75) is 13.3 Å². The molecule has 0 aromatic carbocycles. The number of alkyl halides is 2. The summed E-state index contributed by atoms with van der Waals surface area (Å²) in [5.41, 5.74) is 0.519. The van der Waals surface area contributed by atoms with E-state index in [-0.39, 0.29) is 13.2 Å². The van der Waals surface area contributed by atoms with Crippen molar-refractivity contribution in [2.75, 3.05) is 19.7 Å². The summed E-state index contributed by atoms with van der Waals surface area (Å²) in [5.74, 6) is -0.512. The topological polar surface area (TPSA) is 53.4 Å². The first-order valence-electron chi connectivity index (χ1n) is 6.22. The maximum Gasteiger partial charge on any atom is 0.266 e. The van der Waals surface area contributed by atoms with Gasteiger partial charge in [0, 0.05) is 6.54 Å². The Kier molecular flexibility index (Phi) is 5.38. The highest BCUT2D eigenvalue weighted by Gasteiger charge is 2.24. The minimum absolute atomic E-state index is 0.116. The number of thiazole rings is 1. The van der Waals surface area contributed by atoms with E-state index in [0.29, 0.717) is 15.6 Å². The van der Waals surface area contributed by atoms with E-state index in [4.69, 9.17) is 5.11 Å². The number of aromatic nitrogens is 1. The van der Waals surface area contributed by atoms with Crippen molar-refractivity contribution >= 4 is 28.6 Å². The van der Waals surface area contributed by atoms with Crippen LogP contribution in [-0.2, 0) is 0 Å². The fraction of sp³-hybridized carbons (Fsp3) is 0.385. The first kappa shape index (κ1) is 16.0. The summed E-state index contributed by atoms with van der Waals surface area (Å²) >= 11 is 2.69. The van der Waals surface area contributed by atoms with Gasteiger partial charge in [-0.3, -0.25) is 4.79 Å². The average Bonchev–Trinajstić information content (AvgIpc) is 3.05. The third-order valence-corrected chi connectivity index (χ3v) is 4.92. The Morgan fingerprint density at radius 1 is 1.52 bits per heavy atom. The molecule has 1 amide bonds. The number of hydrogen-bond acceptors (Lipinski definition) is 5. The largest absolute Gasteiger partial charge is 0.395 e. The van der Waals surface area contributed by atoms with Gasteiger partial charge in [0.2, 0.25) is 0 Å². The van der Waals surface area contributed by atoms with Crippen LogP contribution in [0.1, 0.15) is 15.4 Å². The van der Waals surface area contributed by atoms with Crippen LogP contribution in [0.5, 0.6) is 0 Å².